The number of aryl methyl sites for hydroxylation is 2. The molecule has 1 aliphatic carbocycles. The predicted molar refractivity (Wildman–Crippen MR) is 70.9 cm³/mol. The summed E-state index contributed by atoms with van der Waals surface area (Å²) in [5.74, 6) is 0. The minimum Gasteiger partial charge on any atom is -0.388 e. The van der Waals surface area contributed by atoms with Crippen molar-refractivity contribution >= 4 is 0 Å². The van der Waals surface area contributed by atoms with Gasteiger partial charge in [-0.05, 0) is 51.3 Å². The third-order valence-corrected chi connectivity index (χ3v) is 3.79. The van der Waals surface area contributed by atoms with Crippen molar-refractivity contribution in [1.82, 2.24) is 9.55 Å². The highest BCUT2D eigenvalue weighted by Gasteiger charge is 2.24. The molecule has 94 valence electrons. The molecule has 2 heterocycles. The highest BCUT2D eigenvalue weighted by atomic mass is 16.3. The molecule has 0 saturated heterocycles. The Bertz CT molecular complexity index is 586. The summed E-state index contributed by atoms with van der Waals surface area (Å²) in [7, 11) is 0. The van der Waals surface area contributed by atoms with E-state index >= 15 is 0 Å². The van der Waals surface area contributed by atoms with Crippen LogP contribution in [0.3, 0.4) is 0 Å². The van der Waals surface area contributed by atoms with E-state index in [2.05, 4.69) is 28.6 Å². The summed E-state index contributed by atoms with van der Waals surface area (Å²) in [6, 6.07) is 6.18. The van der Waals surface area contributed by atoms with E-state index in [1.807, 2.05) is 19.2 Å². The van der Waals surface area contributed by atoms with Gasteiger partial charge in [0, 0.05) is 23.1 Å². The normalized spacial score (nSPS) is 18.7. The number of pyridine rings is 1. The van der Waals surface area contributed by atoms with Gasteiger partial charge in [0.15, 0.2) is 0 Å². The van der Waals surface area contributed by atoms with Gasteiger partial charge in [0.2, 0.25) is 0 Å². The quantitative estimate of drug-likeness (QED) is 0.835. The Balaban J connectivity index is 2.22. The number of hydrogen-bond acceptors (Lipinski definition) is 2. The van der Waals surface area contributed by atoms with Crippen molar-refractivity contribution in [2.75, 3.05) is 0 Å². The zero-order chi connectivity index (χ0) is 12.7. The van der Waals surface area contributed by atoms with Crippen LogP contribution in [0.25, 0.3) is 5.69 Å². The Hall–Kier alpha value is -1.61. The molecule has 1 N–H and O–H groups in total. The molecule has 0 aromatic carbocycles. The van der Waals surface area contributed by atoms with Crippen molar-refractivity contribution in [3.8, 4) is 5.69 Å². The molecule has 3 heteroatoms. The monoisotopic (exact) mass is 242 g/mol. The van der Waals surface area contributed by atoms with E-state index in [-0.39, 0.29) is 6.10 Å². The van der Waals surface area contributed by atoms with Gasteiger partial charge in [0.1, 0.15) is 0 Å². The molecule has 2 aromatic rings. The molecule has 0 amide bonds. The van der Waals surface area contributed by atoms with Crippen LogP contribution in [0.2, 0.25) is 0 Å². The van der Waals surface area contributed by atoms with Crippen LogP contribution in [0, 0.1) is 13.8 Å². The summed E-state index contributed by atoms with van der Waals surface area (Å²) >= 11 is 0. The van der Waals surface area contributed by atoms with Gasteiger partial charge in [-0.2, -0.15) is 0 Å². The van der Waals surface area contributed by atoms with Gasteiger partial charge in [-0.25, -0.2) is 0 Å². The Kier molecular flexibility index (Phi) is 2.71. The maximum absolute atomic E-state index is 10.1. The standard InChI is InChI=1S/C15H18N2O/c1-10-9-12-14(5-3-7-15(12)18)17(10)13-6-4-8-16-11(13)2/h4,6,8-9,15,18H,3,5,7H2,1-2H3. The molecule has 3 nitrogen and oxygen atoms in total. The van der Waals surface area contributed by atoms with Crippen LogP contribution in [0.15, 0.2) is 24.4 Å². The van der Waals surface area contributed by atoms with Crippen LogP contribution < -0.4 is 0 Å². The molecule has 1 atom stereocenters. The minimum absolute atomic E-state index is 0.300. The zero-order valence-electron chi connectivity index (χ0n) is 10.8. The van der Waals surface area contributed by atoms with Crippen LogP contribution in [0.4, 0.5) is 0 Å². The number of hydrogen-bond donors (Lipinski definition) is 1. The third kappa shape index (κ3) is 1.66. The van der Waals surface area contributed by atoms with Crippen molar-refractivity contribution in [1.29, 1.82) is 0 Å². The van der Waals surface area contributed by atoms with Gasteiger partial charge in [0.05, 0.1) is 17.5 Å². The highest BCUT2D eigenvalue weighted by Crippen LogP contribution is 2.34. The van der Waals surface area contributed by atoms with Gasteiger partial charge in [-0.1, -0.05) is 0 Å². The number of aliphatic hydroxyl groups is 1. The molecule has 0 fully saturated rings. The second-order valence-electron chi connectivity index (χ2n) is 5.04. The summed E-state index contributed by atoms with van der Waals surface area (Å²) in [6.07, 6.45) is 4.48. The Morgan fingerprint density at radius 2 is 2.22 bits per heavy atom. The van der Waals surface area contributed by atoms with Crippen molar-refractivity contribution in [2.24, 2.45) is 0 Å². The van der Waals surface area contributed by atoms with E-state index in [1.54, 1.807) is 0 Å². The first kappa shape index (κ1) is 11.5. The average Bonchev–Trinajstić information content (AvgIpc) is 2.68. The summed E-state index contributed by atoms with van der Waals surface area (Å²) in [5.41, 5.74) is 5.69. The summed E-state index contributed by atoms with van der Waals surface area (Å²) in [5, 5.41) is 10.1. The number of fused-ring (bicyclic) bond motifs is 1. The van der Waals surface area contributed by atoms with Gasteiger partial charge >= 0.3 is 0 Å². The van der Waals surface area contributed by atoms with Gasteiger partial charge < -0.3 is 9.67 Å². The van der Waals surface area contributed by atoms with Gasteiger partial charge in [-0.15, -0.1) is 0 Å². The first-order valence-electron chi connectivity index (χ1n) is 6.49. The zero-order valence-corrected chi connectivity index (χ0v) is 10.8. The maximum Gasteiger partial charge on any atom is 0.0807 e. The van der Waals surface area contributed by atoms with Crippen molar-refractivity contribution in [2.45, 2.75) is 39.2 Å². The smallest absolute Gasteiger partial charge is 0.0807 e. The van der Waals surface area contributed by atoms with Gasteiger partial charge in [-0.3, -0.25) is 4.98 Å². The molecular weight excluding hydrogens is 224 g/mol. The average molecular weight is 242 g/mol. The fraction of sp³-hybridized carbons (Fsp3) is 0.400. The molecule has 2 aromatic heterocycles. The van der Waals surface area contributed by atoms with E-state index < -0.39 is 0 Å². The molecule has 0 radical (unpaired) electrons. The second-order valence-corrected chi connectivity index (χ2v) is 5.04. The third-order valence-electron chi connectivity index (χ3n) is 3.79. The molecule has 1 aliphatic rings. The Morgan fingerprint density at radius 3 is 3.00 bits per heavy atom. The number of aliphatic hydroxyl groups excluding tert-OH is 1. The van der Waals surface area contributed by atoms with Crippen LogP contribution in [0.5, 0.6) is 0 Å². The van der Waals surface area contributed by atoms with Crippen molar-refractivity contribution < 1.29 is 5.11 Å². The minimum atomic E-state index is -0.300. The largest absolute Gasteiger partial charge is 0.388 e. The lowest BCUT2D eigenvalue weighted by atomic mass is 9.95. The number of aromatic nitrogens is 2. The van der Waals surface area contributed by atoms with Crippen LogP contribution in [-0.2, 0) is 6.42 Å². The number of nitrogens with zero attached hydrogens (tertiary/aromatic N) is 2. The summed E-state index contributed by atoms with van der Waals surface area (Å²) in [6.45, 7) is 4.12. The Labute approximate surface area is 107 Å². The van der Waals surface area contributed by atoms with Crippen molar-refractivity contribution in [3.05, 3.63) is 47.0 Å². The van der Waals surface area contributed by atoms with Crippen LogP contribution >= 0.6 is 0 Å². The predicted octanol–water partition coefficient (Wildman–Crippen LogP) is 2.86. The molecule has 18 heavy (non-hydrogen) atoms. The first-order chi connectivity index (χ1) is 8.68. The fourth-order valence-electron chi connectivity index (χ4n) is 2.93. The highest BCUT2D eigenvalue weighted by molar-refractivity contribution is 5.45. The van der Waals surface area contributed by atoms with E-state index in [1.165, 1.54) is 11.4 Å². The van der Waals surface area contributed by atoms with E-state index in [0.717, 1.165) is 36.2 Å². The molecule has 1 unspecified atom stereocenters. The van der Waals surface area contributed by atoms with Gasteiger partial charge in [0.25, 0.3) is 0 Å². The SMILES string of the molecule is Cc1ncccc1-n1c(C)cc2c1CCCC2O. The number of rotatable bonds is 1. The lowest BCUT2D eigenvalue weighted by Crippen LogP contribution is -2.12. The topological polar surface area (TPSA) is 38.0 Å². The fourth-order valence-corrected chi connectivity index (χ4v) is 2.93. The van der Waals surface area contributed by atoms with E-state index in [4.69, 9.17) is 0 Å². The molecule has 0 spiro atoms. The van der Waals surface area contributed by atoms with Crippen LogP contribution in [0.1, 0.15) is 41.6 Å². The Morgan fingerprint density at radius 1 is 1.39 bits per heavy atom. The summed E-state index contributed by atoms with van der Waals surface area (Å²) in [4.78, 5) is 4.36. The molecule has 3 rings (SSSR count). The maximum atomic E-state index is 10.1. The lowest BCUT2D eigenvalue weighted by molar-refractivity contribution is 0.156. The second kappa shape index (κ2) is 4.25. The lowest BCUT2D eigenvalue weighted by Gasteiger charge is -2.21. The summed E-state index contributed by atoms with van der Waals surface area (Å²) < 4.78 is 2.25. The molecule has 0 bridgehead atoms. The first-order valence-corrected chi connectivity index (χ1v) is 6.49. The molecular formula is C15H18N2O. The van der Waals surface area contributed by atoms with E-state index in [0.29, 0.717) is 0 Å². The van der Waals surface area contributed by atoms with Crippen molar-refractivity contribution in [3.63, 3.8) is 0 Å². The molecule has 0 aliphatic heterocycles. The van der Waals surface area contributed by atoms with Crippen LogP contribution in [-0.4, -0.2) is 14.7 Å². The molecule has 0 saturated carbocycles. The van der Waals surface area contributed by atoms with E-state index in [9.17, 15) is 5.11 Å².